The summed E-state index contributed by atoms with van der Waals surface area (Å²) in [5.41, 5.74) is 6.15. The Morgan fingerprint density at radius 2 is 1.48 bits per heavy atom. The summed E-state index contributed by atoms with van der Waals surface area (Å²) in [6.07, 6.45) is 8.04. The highest BCUT2D eigenvalue weighted by atomic mass is 15.1. The van der Waals surface area contributed by atoms with Crippen molar-refractivity contribution < 1.29 is 0 Å². The molecule has 2 aromatic carbocycles. The van der Waals surface area contributed by atoms with Gasteiger partial charge in [-0.2, -0.15) is 5.26 Å². The normalized spacial score (nSPS) is 10.3. The van der Waals surface area contributed by atoms with E-state index in [9.17, 15) is 5.26 Å². The van der Waals surface area contributed by atoms with Gasteiger partial charge < -0.3 is 4.90 Å². The summed E-state index contributed by atoms with van der Waals surface area (Å²) in [5, 5.41) is 9.38. The Kier molecular flexibility index (Phi) is 5.59. The summed E-state index contributed by atoms with van der Waals surface area (Å²) in [4.78, 5) is 10.7. The van der Waals surface area contributed by atoms with Gasteiger partial charge in [-0.25, -0.2) is 0 Å². The Hall–Kier alpha value is -3.97. The Morgan fingerprint density at radius 3 is 2.07 bits per heavy atom. The van der Waals surface area contributed by atoms with E-state index in [1.54, 1.807) is 12.4 Å². The third-order valence-electron chi connectivity index (χ3n) is 4.84. The minimum absolute atomic E-state index is 0.675. The fourth-order valence-electron chi connectivity index (χ4n) is 3.44. The van der Waals surface area contributed by atoms with E-state index in [4.69, 9.17) is 0 Å². The van der Waals surface area contributed by atoms with E-state index in [2.05, 4.69) is 33.1 Å². The van der Waals surface area contributed by atoms with Gasteiger partial charge in [-0.1, -0.05) is 36.4 Å². The van der Waals surface area contributed by atoms with Crippen LogP contribution in [0, 0.1) is 11.3 Å². The van der Waals surface area contributed by atoms with Crippen LogP contribution in [0.5, 0.6) is 0 Å². The fraction of sp³-hybridized carbons (Fsp3) is 0.0800. The Labute approximate surface area is 170 Å². The molecule has 0 N–H and O–H groups in total. The van der Waals surface area contributed by atoms with Crippen molar-refractivity contribution >= 4 is 11.4 Å². The first-order valence-electron chi connectivity index (χ1n) is 9.51. The number of nitriles is 1. The van der Waals surface area contributed by atoms with Gasteiger partial charge in [0.15, 0.2) is 0 Å². The van der Waals surface area contributed by atoms with Crippen molar-refractivity contribution in [2.24, 2.45) is 0 Å². The standard InChI is InChI=1S/C25H20N4/c26-17-20-10-11-25(21-6-2-1-3-7-21)22(16-20)12-15-29(23-8-4-13-27-18-23)24-9-5-14-28-19-24/h1-11,13-14,16,18-19H,12,15H2. The Balaban J connectivity index is 1.68. The lowest BCUT2D eigenvalue weighted by molar-refractivity contribution is 0.908. The van der Waals surface area contributed by atoms with Gasteiger partial charge in [0.05, 0.1) is 35.4 Å². The molecule has 0 radical (unpaired) electrons. The van der Waals surface area contributed by atoms with Crippen LogP contribution >= 0.6 is 0 Å². The minimum atomic E-state index is 0.675. The lowest BCUT2D eigenvalue weighted by atomic mass is 9.95. The van der Waals surface area contributed by atoms with Gasteiger partial charge in [0.25, 0.3) is 0 Å². The molecule has 0 saturated carbocycles. The average molecular weight is 376 g/mol. The van der Waals surface area contributed by atoms with E-state index in [-0.39, 0.29) is 0 Å². The molecule has 0 aliphatic carbocycles. The monoisotopic (exact) mass is 376 g/mol. The zero-order valence-corrected chi connectivity index (χ0v) is 15.9. The van der Waals surface area contributed by atoms with E-state index in [1.165, 1.54) is 0 Å². The average Bonchev–Trinajstić information content (AvgIpc) is 2.81. The number of hydrogen-bond acceptors (Lipinski definition) is 4. The number of pyridine rings is 2. The first kappa shape index (κ1) is 18.4. The van der Waals surface area contributed by atoms with Crippen LogP contribution in [-0.4, -0.2) is 16.5 Å². The highest BCUT2D eigenvalue weighted by Crippen LogP contribution is 2.28. The second-order valence-corrected chi connectivity index (χ2v) is 6.67. The third kappa shape index (κ3) is 4.31. The highest BCUT2D eigenvalue weighted by Gasteiger charge is 2.13. The quantitative estimate of drug-likeness (QED) is 0.452. The first-order valence-corrected chi connectivity index (χ1v) is 9.51. The molecule has 140 valence electrons. The molecule has 4 aromatic rings. The smallest absolute Gasteiger partial charge is 0.0991 e. The molecule has 4 nitrogen and oxygen atoms in total. The first-order chi connectivity index (χ1) is 14.3. The molecular formula is C25H20N4. The van der Waals surface area contributed by atoms with Gasteiger partial charge in [0.2, 0.25) is 0 Å². The molecule has 29 heavy (non-hydrogen) atoms. The zero-order valence-electron chi connectivity index (χ0n) is 15.9. The molecule has 0 unspecified atom stereocenters. The molecule has 2 aromatic heterocycles. The summed E-state index contributed by atoms with van der Waals surface area (Å²) < 4.78 is 0. The third-order valence-corrected chi connectivity index (χ3v) is 4.84. The van der Waals surface area contributed by atoms with E-state index >= 15 is 0 Å². The number of nitrogens with zero attached hydrogens (tertiary/aromatic N) is 4. The number of anilines is 2. The van der Waals surface area contributed by atoms with Crippen LogP contribution in [0.4, 0.5) is 11.4 Å². The van der Waals surface area contributed by atoms with Crippen LogP contribution in [-0.2, 0) is 6.42 Å². The van der Waals surface area contributed by atoms with Crippen LogP contribution in [0.2, 0.25) is 0 Å². The lowest BCUT2D eigenvalue weighted by Gasteiger charge is -2.25. The lowest BCUT2D eigenvalue weighted by Crippen LogP contribution is -2.20. The Bertz CT molecular complexity index is 1060. The molecule has 0 aliphatic heterocycles. The van der Waals surface area contributed by atoms with Gasteiger partial charge in [0.1, 0.15) is 0 Å². The van der Waals surface area contributed by atoms with Crippen molar-refractivity contribution in [3.05, 3.63) is 109 Å². The maximum absolute atomic E-state index is 9.38. The summed E-state index contributed by atoms with van der Waals surface area (Å²) in [7, 11) is 0. The van der Waals surface area contributed by atoms with Gasteiger partial charge in [-0.05, 0) is 59.5 Å². The molecule has 4 rings (SSSR count). The largest absolute Gasteiger partial charge is 0.339 e. The molecule has 4 heteroatoms. The molecule has 0 saturated heterocycles. The molecule has 2 heterocycles. The summed E-state index contributed by atoms with van der Waals surface area (Å²) in [5.74, 6) is 0. The topological polar surface area (TPSA) is 52.8 Å². The fourth-order valence-corrected chi connectivity index (χ4v) is 3.44. The molecule has 0 amide bonds. The van der Waals surface area contributed by atoms with Crippen molar-refractivity contribution in [2.75, 3.05) is 11.4 Å². The van der Waals surface area contributed by atoms with Crippen molar-refractivity contribution in [2.45, 2.75) is 6.42 Å². The predicted octanol–water partition coefficient (Wildman–Crippen LogP) is 5.40. The SMILES string of the molecule is N#Cc1ccc(-c2ccccc2)c(CCN(c2cccnc2)c2cccnc2)c1. The number of benzene rings is 2. The van der Waals surface area contributed by atoms with Crippen LogP contribution in [0.25, 0.3) is 11.1 Å². The van der Waals surface area contributed by atoms with Crippen LogP contribution < -0.4 is 4.90 Å². The molecular weight excluding hydrogens is 356 g/mol. The predicted molar refractivity (Wildman–Crippen MR) is 116 cm³/mol. The van der Waals surface area contributed by atoms with Crippen molar-refractivity contribution in [1.82, 2.24) is 9.97 Å². The maximum Gasteiger partial charge on any atom is 0.0991 e. The van der Waals surface area contributed by atoms with E-state index < -0.39 is 0 Å². The second-order valence-electron chi connectivity index (χ2n) is 6.67. The highest BCUT2D eigenvalue weighted by molar-refractivity contribution is 5.69. The van der Waals surface area contributed by atoms with E-state index in [1.807, 2.05) is 73.1 Å². The summed E-state index contributed by atoms with van der Waals surface area (Å²) >= 11 is 0. The van der Waals surface area contributed by atoms with Crippen LogP contribution in [0.3, 0.4) is 0 Å². The van der Waals surface area contributed by atoms with Gasteiger partial charge in [-0.15, -0.1) is 0 Å². The van der Waals surface area contributed by atoms with E-state index in [0.717, 1.165) is 41.0 Å². The summed E-state index contributed by atoms with van der Waals surface area (Å²) in [6, 6.07) is 26.4. The molecule has 0 atom stereocenters. The van der Waals surface area contributed by atoms with Crippen LogP contribution in [0.15, 0.2) is 97.6 Å². The van der Waals surface area contributed by atoms with Crippen molar-refractivity contribution in [1.29, 1.82) is 5.26 Å². The Morgan fingerprint density at radius 1 is 0.793 bits per heavy atom. The van der Waals surface area contributed by atoms with Gasteiger partial charge in [0, 0.05) is 18.9 Å². The molecule has 0 spiro atoms. The van der Waals surface area contributed by atoms with E-state index in [0.29, 0.717) is 5.56 Å². The number of rotatable bonds is 6. The van der Waals surface area contributed by atoms with Gasteiger partial charge >= 0.3 is 0 Å². The zero-order chi connectivity index (χ0) is 19.9. The molecule has 0 fully saturated rings. The minimum Gasteiger partial charge on any atom is -0.339 e. The van der Waals surface area contributed by atoms with Gasteiger partial charge in [-0.3, -0.25) is 9.97 Å². The summed E-state index contributed by atoms with van der Waals surface area (Å²) in [6.45, 7) is 0.742. The maximum atomic E-state index is 9.38. The van der Waals surface area contributed by atoms with Crippen molar-refractivity contribution in [3.8, 4) is 17.2 Å². The number of aromatic nitrogens is 2. The molecule has 0 bridgehead atoms. The molecule has 0 aliphatic rings. The second kappa shape index (κ2) is 8.81. The van der Waals surface area contributed by atoms with Crippen LogP contribution in [0.1, 0.15) is 11.1 Å². The number of hydrogen-bond donors (Lipinski definition) is 0. The van der Waals surface area contributed by atoms with Crippen molar-refractivity contribution in [3.63, 3.8) is 0 Å².